The molecule has 3 N–H and O–H groups in total. The molecule has 0 aliphatic rings. The van der Waals surface area contributed by atoms with Gasteiger partial charge in [-0.25, -0.2) is 0 Å². The molecule has 0 amide bonds. The summed E-state index contributed by atoms with van der Waals surface area (Å²) in [6, 6.07) is 14.7. The van der Waals surface area contributed by atoms with Crippen LogP contribution < -0.4 is 11.3 Å². The Morgan fingerprint density at radius 2 is 1.84 bits per heavy atom. The fourth-order valence-corrected chi connectivity index (χ4v) is 3.11. The number of hydrazine groups is 1. The van der Waals surface area contributed by atoms with Crippen LogP contribution in [0.4, 0.5) is 0 Å². The molecule has 0 fully saturated rings. The molecule has 2 aromatic rings. The Hall–Kier alpha value is -0.680. The molecule has 0 aromatic heterocycles. The highest BCUT2D eigenvalue weighted by atomic mass is 79.9. The van der Waals surface area contributed by atoms with E-state index in [0.717, 1.165) is 15.4 Å². The Morgan fingerprint density at radius 3 is 2.47 bits per heavy atom. The van der Waals surface area contributed by atoms with E-state index in [0.29, 0.717) is 0 Å². The van der Waals surface area contributed by atoms with Crippen LogP contribution in [0.25, 0.3) is 0 Å². The van der Waals surface area contributed by atoms with E-state index in [1.165, 1.54) is 16.7 Å². The molecular weight excluding hydrogens is 368 g/mol. The van der Waals surface area contributed by atoms with Gasteiger partial charge in [0.05, 0.1) is 6.04 Å². The first-order valence-electron chi connectivity index (χ1n) is 6.07. The Balaban J connectivity index is 2.25. The largest absolute Gasteiger partial charge is 0.271 e. The van der Waals surface area contributed by atoms with E-state index < -0.39 is 0 Å². The second kappa shape index (κ2) is 6.66. The van der Waals surface area contributed by atoms with Gasteiger partial charge in [0.25, 0.3) is 0 Å². The molecule has 1 atom stereocenters. The molecule has 0 spiro atoms. The number of aryl methyl sites for hydroxylation is 1. The quantitative estimate of drug-likeness (QED) is 0.611. The summed E-state index contributed by atoms with van der Waals surface area (Å²) < 4.78 is 2.18. The molecule has 2 nitrogen and oxygen atoms in total. The molecule has 19 heavy (non-hydrogen) atoms. The van der Waals surface area contributed by atoms with Gasteiger partial charge in [0.2, 0.25) is 0 Å². The minimum atomic E-state index is 0.113. The third-order valence-corrected chi connectivity index (χ3v) is 4.12. The average molecular weight is 384 g/mol. The van der Waals surface area contributed by atoms with Crippen LogP contribution in [0.3, 0.4) is 0 Å². The number of benzene rings is 2. The van der Waals surface area contributed by atoms with E-state index >= 15 is 0 Å². The predicted octanol–water partition coefficient (Wildman–Crippen LogP) is 4.27. The lowest BCUT2D eigenvalue weighted by Gasteiger charge is -2.19. The molecule has 0 saturated heterocycles. The van der Waals surface area contributed by atoms with Crippen molar-refractivity contribution in [3.8, 4) is 0 Å². The summed E-state index contributed by atoms with van der Waals surface area (Å²) in [5.74, 6) is 5.72. The van der Waals surface area contributed by atoms with Crippen molar-refractivity contribution in [1.82, 2.24) is 5.43 Å². The second-order valence-corrected chi connectivity index (χ2v) is 6.39. The number of rotatable bonds is 4. The van der Waals surface area contributed by atoms with Gasteiger partial charge in [0.15, 0.2) is 0 Å². The van der Waals surface area contributed by atoms with Crippen molar-refractivity contribution in [3.05, 3.63) is 68.1 Å². The summed E-state index contributed by atoms with van der Waals surface area (Å²) in [6.45, 7) is 2.10. The molecule has 0 bridgehead atoms. The third-order valence-electron chi connectivity index (χ3n) is 3.14. The zero-order valence-electron chi connectivity index (χ0n) is 10.7. The van der Waals surface area contributed by atoms with Crippen LogP contribution >= 0.6 is 31.9 Å². The minimum absolute atomic E-state index is 0.113. The van der Waals surface area contributed by atoms with Gasteiger partial charge in [-0.3, -0.25) is 11.3 Å². The molecule has 2 rings (SSSR count). The number of halogens is 2. The van der Waals surface area contributed by atoms with Crippen LogP contribution in [0, 0.1) is 6.92 Å². The smallest absolute Gasteiger partial charge is 0.0502 e. The molecular formula is C15H16Br2N2. The lowest BCUT2D eigenvalue weighted by Crippen LogP contribution is -2.30. The molecule has 4 heteroatoms. The fourth-order valence-electron chi connectivity index (χ4n) is 2.19. The summed E-state index contributed by atoms with van der Waals surface area (Å²) in [7, 11) is 0. The van der Waals surface area contributed by atoms with Gasteiger partial charge in [-0.15, -0.1) is 0 Å². The molecule has 0 saturated carbocycles. The summed E-state index contributed by atoms with van der Waals surface area (Å²) >= 11 is 6.98. The highest BCUT2D eigenvalue weighted by Crippen LogP contribution is 2.25. The second-order valence-electron chi connectivity index (χ2n) is 4.55. The van der Waals surface area contributed by atoms with Crippen LogP contribution in [-0.4, -0.2) is 0 Å². The molecule has 0 heterocycles. The zero-order chi connectivity index (χ0) is 13.8. The lowest BCUT2D eigenvalue weighted by molar-refractivity contribution is 0.549. The number of hydrogen-bond acceptors (Lipinski definition) is 2. The van der Waals surface area contributed by atoms with Gasteiger partial charge in [0, 0.05) is 8.95 Å². The first-order chi connectivity index (χ1) is 9.10. The zero-order valence-corrected chi connectivity index (χ0v) is 13.8. The summed E-state index contributed by atoms with van der Waals surface area (Å²) in [5, 5.41) is 0. The number of hydrogen-bond donors (Lipinski definition) is 2. The maximum atomic E-state index is 5.72. The number of nitrogens with two attached hydrogens (primary N) is 1. The van der Waals surface area contributed by atoms with Gasteiger partial charge in [-0.05, 0) is 54.3 Å². The van der Waals surface area contributed by atoms with Crippen LogP contribution in [-0.2, 0) is 6.42 Å². The molecule has 0 aliphatic carbocycles. The molecule has 100 valence electrons. The van der Waals surface area contributed by atoms with Crippen LogP contribution in [0.1, 0.15) is 22.7 Å². The van der Waals surface area contributed by atoms with E-state index in [1.807, 2.05) is 18.2 Å². The summed E-state index contributed by atoms with van der Waals surface area (Å²) in [5.41, 5.74) is 6.62. The van der Waals surface area contributed by atoms with Gasteiger partial charge in [-0.1, -0.05) is 50.1 Å². The molecule has 0 radical (unpaired) electrons. The van der Waals surface area contributed by atoms with E-state index in [-0.39, 0.29) is 6.04 Å². The Morgan fingerprint density at radius 1 is 1.11 bits per heavy atom. The van der Waals surface area contributed by atoms with Crippen molar-refractivity contribution in [1.29, 1.82) is 0 Å². The predicted molar refractivity (Wildman–Crippen MR) is 86.8 cm³/mol. The maximum absolute atomic E-state index is 5.72. The van der Waals surface area contributed by atoms with Crippen molar-refractivity contribution >= 4 is 31.9 Å². The highest BCUT2D eigenvalue weighted by Gasteiger charge is 2.13. The standard InChI is InChI=1S/C15H16Br2N2/c1-10-7-13(17)5-6-14(10)15(19-18)9-11-3-2-4-12(16)8-11/h2-8,15,19H,9,18H2,1H3. The molecule has 2 aromatic carbocycles. The van der Waals surface area contributed by atoms with Crippen molar-refractivity contribution in [2.75, 3.05) is 0 Å². The van der Waals surface area contributed by atoms with E-state index in [4.69, 9.17) is 5.84 Å². The van der Waals surface area contributed by atoms with E-state index in [2.05, 4.69) is 68.5 Å². The van der Waals surface area contributed by atoms with Gasteiger partial charge >= 0.3 is 0 Å². The summed E-state index contributed by atoms with van der Waals surface area (Å²) in [4.78, 5) is 0. The van der Waals surface area contributed by atoms with Gasteiger partial charge in [-0.2, -0.15) is 0 Å². The Bertz CT molecular complexity index is 570. The van der Waals surface area contributed by atoms with Crippen LogP contribution in [0.2, 0.25) is 0 Å². The topological polar surface area (TPSA) is 38.0 Å². The van der Waals surface area contributed by atoms with Crippen molar-refractivity contribution in [3.63, 3.8) is 0 Å². The minimum Gasteiger partial charge on any atom is -0.271 e. The monoisotopic (exact) mass is 382 g/mol. The third kappa shape index (κ3) is 3.89. The maximum Gasteiger partial charge on any atom is 0.0502 e. The Labute approximate surface area is 130 Å². The average Bonchev–Trinajstić information content (AvgIpc) is 2.37. The van der Waals surface area contributed by atoms with Gasteiger partial charge < -0.3 is 0 Å². The molecule has 1 unspecified atom stereocenters. The highest BCUT2D eigenvalue weighted by molar-refractivity contribution is 9.10. The first-order valence-corrected chi connectivity index (χ1v) is 7.65. The SMILES string of the molecule is Cc1cc(Br)ccc1C(Cc1cccc(Br)c1)NN. The normalized spacial score (nSPS) is 12.4. The van der Waals surface area contributed by atoms with E-state index in [1.54, 1.807) is 0 Å². The fraction of sp³-hybridized carbons (Fsp3) is 0.200. The van der Waals surface area contributed by atoms with Crippen LogP contribution in [0.5, 0.6) is 0 Å². The van der Waals surface area contributed by atoms with Crippen molar-refractivity contribution < 1.29 is 0 Å². The Kier molecular flexibility index (Phi) is 5.16. The van der Waals surface area contributed by atoms with Crippen molar-refractivity contribution in [2.45, 2.75) is 19.4 Å². The van der Waals surface area contributed by atoms with Crippen molar-refractivity contribution in [2.24, 2.45) is 5.84 Å². The van der Waals surface area contributed by atoms with Crippen LogP contribution in [0.15, 0.2) is 51.4 Å². The van der Waals surface area contributed by atoms with Gasteiger partial charge in [0.1, 0.15) is 0 Å². The number of nitrogens with one attached hydrogen (secondary N) is 1. The first kappa shape index (κ1) is 14.7. The lowest BCUT2D eigenvalue weighted by atomic mass is 9.96. The molecule has 0 aliphatic heterocycles. The summed E-state index contributed by atoms with van der Waals surface area (Å²) in [6.07, 6.45) is 0.860. The van der Waals surface area contributed by atoms with E-state index in [9.17, 15) is 0 Å².